The highest BCUT2D eigenvalue weighted by molar-refractivity contribution is 7.47. The molecule has 272 valence electrons. The van der Waals surface area contributed by atoms with Gasteiger partial charge < -0.3 is 20.1 Å². The van der Waals surface area contributed by atoms with Gasteiger partial charge in [-0.1, -0.05) is 135 Å². The van der Waals surface area contributed by atoms with Crippen LogP contribution in [0.15, 0.2) is 12.2 Å². The number of hydrogen-bond donors (Lipinski definition) is 2. The second-order valence-electron chi connectivity index (χ2n) is 12.4. The van der Waals surface area contributed by atoms with E-state index in [0.29, 0.717) is 6.42 Å². The fraction of sp³-hybridized carbons (Fsp3) is 0.889. The van der Waals surface area contributed by atoms with E-state index in [1.54, 1.807) is 0 Å². The maximum absolute atomic E-state index is 12.5. The Labute approximate surface area is 281 Å². The third-order valence-electron chi connectivity index (χ3n) is 7.90. The highest BCUT2D eigenvalue weighted by Crippen LogP contribution is 2.43. The summed E-state index contributed by atoms with van der Waals surface area (Å²) in [6.07, 6.45) is 30.9. The van der Waals surface area contributed by atoms with Crippen LogP contribution in [0.4, 0.5) is 0 Å². The zero-order chi connectivity index (χ0) is 34.0. The summed E-state index contributed by atoms with van der Waals surface area (Å²) in [7, 11) is -4.36. The number of nitrogens with two attached hydrogens (primary N) is 1. The Kier molecular flexibility index (Phi) is 32.7. The SMILES string of the molecule is CCCCCC/C=C\CCCCCCCC(=O)O[C@H](COC(=O)CCCCCCCCCCCCCC)COP(=O)(O)OCCN. The van der Waals surface area contributed by atoms with Gasteiger partial charge in [-0.25, -0.2) is 4.57 Å². The molecule has 0 aromatic carbocycles. The predicted octanol–water partition coefficient (Wildman–Crippen LogP) is 9.88. The third-order valence-corrected chi connectivity index (χ3v) is 8.89. The van der Waals surface area contributed by atoms with Crippen molar-refractivity contribution >= 4 is 19.8 Å². The number of phosphoric ester groups is 1. The quantitative estimate of drug-likeness (QED) is 0.0291. The Balaban J connectivity index is 4.24. The monoisotopic (exact) mass is 675 g/mol. The molecule has 0 aliphatic carbocycles. The smallest absolute Gasteiger partial charge is 0.462 e. The van der Waals surface area contributed by atoms with Crippen LogP contribution in [-0.4, -0.2) is 49.3 Å². The Hall–Kier alpha value is -1.25. The molecule has 0 aliphatic heterocycles. The molecular formula is C36H70NO8P. The molecule has 0 saturated carbocycles. The average molecular weight is 676 g/mol. The highest BCUT2D eigenvalue weighted by Gasteiger charge is 2.25. The minimum Gasteiger partial charge on any atom is -0.462 e. The van der Waals surface area contributed by atoms with Gasteiger partial charge in [0.25, 0.3) is 0 Å². The topological polar surface area (TPSA) is 134 Å². The van der Waals surface area contributed by atoms with Gasteiger partial charge in [0.15, 0.2) is 6.10 Å². The molecule has 0 saturated heterocycles. The molecule has 0 aliphatic rings. The minimum atomic E-state index is -4.36. The first kappa shape index (κ1) is 44.8. The summed E-state index contributed by atoms with van der Waals surface area (Å²) >= 11 is 0. The fourth-order valence-corrected chi connectivity index (χ4v) is 5.86. The number of hydrogen-bond acceptors (Lipinski definition) is 8. The van der Waals surface area contributed by atoms with Gasteiger partial charge in [-0.2, -0.15) is 0 Å². The van der Waals surface area contributed by atoms with Crippen LogP contribution in [0.1, 0.15) is 174 Å². The van der Waals surface area contributed by atoms with Crippen LogP contribution in [0.25, 0.3) is 0 Å². The van der Waals surface area contributed by atoms with Gasteiger partial charge in [0.05, 0.1) is 13.2 Å². The van der Waals surface area contributed by atoms with Crippen molar-refractivity contribution in [3.8, 4) is 0 Å². The van der Waals surface area contributed by atoms with E-state index in [1.165, 1.54) is 89.9 Å². The van der Waals surface area contributed by atoms with E-state index in [4.69, 9.17) is 24.3 Å². The number of carbonyl (C=O) groups is 2. The van der Waals surface area contributed by atoms with Crippen molar-refractivity contribution in [2.45, 2.75) is 180 Å². The van der Waals surface area contributed by atoms with E-state index in [0.717, 1.165) is 51.4 Å². The molecule has 0 radical (unpaired) electrons. The zero-order valence-electron chi connectivity index (χ0n) is 29.6. The van der Waals surface area contributed by atoms with Crippen LogP contribution in [-0.2, 0) is 32.7 Å². The summed E-state index contributed by atoms with van der Waals surface area (Å²) in [5.74, 6) is -0.835. The molecule has 0 spiro atoms. The molecule has 0 rings (SSSR count). The number of unbranched alkanes of at least 4 members (excludes halogenated alkanes) is 20. The van der Waals surface area contributed by atoms with Gasteiger partial charge in [-0.05, 0) is 38.5 Å². The van der Waals surface area contributed by atoms with Crippen molar-refractivity contribution in [2.75, 3.05) is 26.4 Å². The van der Waals surface area contributed by atoms with Crippen molar-refractivity contribution in [2.24, 2.45) is 5.73 Å². The normalized spacial score (nSPS) is 13.6. The first-order valence-corrected chi connectivity index (χ1v) is 20.2. The maximum Gasteiger partial charge on any atom is 0.472 e. The standard InChI is InChI=1S/C36H70NO8P/c1-3-5-7-9-11-13-15-17-19-21-23-25-27-29-36(39)45-34(33-44-46(40,41)43-31-30-37)32-42-35(38)28-26-24-22-20-18-16-14-12-10-8-6-4-2/h13,15,34H,3-12,14,16-33,37H2,1-2H3,(H,40,41)/b15-13-/t34-/m1/s1. The number of esters is 2. The van der Waals surface area contributed by atoms with Gasteiger partial charge in [0, 0.05) is 19.4 Å². The van der Waals surface area contributed by atoms with E-state index in [1.807, 2.05) is 0 Å². The average Bonchev–Trinajstić information content (AvgIpc) is 3.04. The lowest BCUT2D eigenvalue weighted by Crippen LogP contribution is -2.29. The second-order valence-corrected chi connectivity index (χ2v) is 13.9. The van der Waals surface area contributed by atoms with E-state index in [2.05, 4.69) is 26.0 Å². The van der Waals surface area contributed by atoms with Gasteiger partial charge in [0.2, 0.25) is 0 Å². The zero-order valence-corrected chi connectivity index (χ0v) is 30.5. The maximum atomic E-state index is 12.5. The molecule has 0 aromatic heterocycles. The van der Waals surface area contributed by atoms with Crippen molar-refractivity contribution < 1.29 is 37.6 Å². The van der Waals surface area contributed by atoms with Gasteiger partial charge >= 0.3 is 19.8 Å². The fourth-order valence-electron chi connectivity index (χ4n) is 5.10. The lowest BCUT2D eigenvalue weighted by molar-refractivity contribution is -0.161. The summed E-state index contributed by atoms with van der Waals surface area (Å²) < 4.78 is 32.6. The van der Waals surface area contributed by atoms with E-state index in [9.17, 15) is 19.0 Å². The number of allylic oxidation sites excluding steroid dienone is 2. The van der Waals surface area contributed by atoms with Gasteiger partial charge in [-0.15, -0.1) is 0 Å². The number of carbonyl (C=O) groups excluding carboxylic acids is 2. The van der Waals surface area contributed by atoms with Crippen LogP contribution in [0.5, 0.6) is 0 Å². The highest BCUT2D eigenvalue weighted by atomic mass is 31.2. The van der Waals surface area contributed by atoms with Crippen molar-refractivity contribution in [3.05, 3.63) is 12.2 Å². The number of rotatable bonds is 35. The number of phosphoric acid groups is 1. The Bertz CT molecular complexity index is 779. The molecule has 0 heterocycles. The van der Waals surface area contributed by atoms with Crippen LogP contribution in [0.2, 0.25) is 0 Å². The van der Waals surface area contributed by atoms with Crippen LogP contribution in [0.3, 0.4) is 0 Å². The third kappa shape index (κ3) is 32.7. The Morgan fingerprint density at radius 1 is 0.630 bits per heavy atom. The molecule has 9 nitrogen and oxygen atoms in total. The summed E-state index contributed by atoms with van der Waals surface area (Å²) in [4.78, 5) is 34.6. The first-order valence-electron chi connectivity index (χ1n) is 18.7. The molecule has 1 unspecified atom stereocenters. The number of ether oxygens (including phenoxy) is 2. The lowest BCUT2D eigenvalue weighted by Gasteiger charge is -2.19. The molecule has 0 fully saturated rings. The van der Waals surface area contributed by atoms with Crippen molar-refractivity contribution in [1.29, 1.82) is 0 Å². The summed E-state index contributed by atoms with van der Waals surface area (Å²) in [5, 5.41) is 0. The largest absolute Gasteiger partial charge is 0.472 e. The van der Waals surface area contributed by atoms with Crippen LogP contribution >= 0.6 is 7.82 Å². The van der Waals surface area contributed by atoms with Crippen LogP contribution < -0.4 is 5.73 Å². The molecule has 0 bridgehead atoms. The molecule has 0 amide bonds. The Morgan fingerprint density at radius 2 is 1.07 bits per heavy atom. The van der Waals surface area contributed by atoms with Gasteiger partial charge in [-0.3, -0.25) is 18.6 Å². The van der Waals surface area contributed by atoms with Crippen molar-refractivity contribution in [1.82, 2.24) is 0 Å². The molecule has 46 heavy (non-hydrogen) atoms. The predicted molar refractivity (Wildman–Crippen MR) is 188 cm³/mol. The van der Waals surface area contributed by atoms with E-state index < -0.39 is 26.5 Å². The minimum absolute atomic E-state index is 0.0545. The Morgan fingerprint density at radius 3 is 1.57 bits per heavy atom. The molecule has 10 heteroatoms. The molecule has 3 N–H and O–H groups in total. The lowest BCUT2D eigenvalue weighted by atomic mass is 10.0. The van der Waals surface area contributed by atoms with E-state index >= 15 is 0 Å². The van der Waals surface area contributed by atoms with Gasteiger partial charge in [0.1, 0.15) is 6.61 Å². The first-order chi connectivity index (χ1) is 22.3. The molecular weight excluding hydrogens is 605 g/mol. The molecule has 2 atom stereocenters. The summed E-state index contributed by atoms with van der Waals surface area (Å²) in [5.41, 5.74) is 5.32. The molecule has 0 aromatic rings. The van der Waals surface area contributed by atoms with Crippen molar-refractivity contribution in [3.63, 3.8) is 0 Å². The van der Waals surface area contributed by atoms with Crippen LogP contribution in [0, 0.1) is 0 Å². The second kappa shape index (κ2) is 33.6. The summed E-state index contributed by atoms with van der Waals surface area (Å²) in [6, 6.07) is 0. The summed E-state index contributed by atoms with van der Waals surface area (Å²) in [6.45, 7) is 3.70. The van der Waals surface area contributed by atoms with E-state index in [-0.39, 0.29) is 38.6 Å².